The predicted octanol–water partition coefficient (Wildman–Crippen LogP) is 2.82. The maximum atomic E-state index is 13.7. The number of aromatic nitrogens is 2. The van der Waals surface area contributed by atoms with Crippen LogP contribution in [0.15, 0.2) is 16.6 Å². The summed E-state index contributed by atoms with van der Waals surface area (Å²) >= 11 is 2.87. The van der Waals surface area contributed by atoms with Gasteiger partial charge in [0.1, 0.15) is 5.69 Å². The summed E-state index contributed by atoms with van der Waals surface area (Å²) in [5, 5.41) is 14.8. The summed E-state index contributed by atoms with van der Waals surface area (Å²) in [4.78, 5) is 10.7. The standard InChI is InChI=1S/C11H7BrF2N2O3/c1-19-10-4(2-5(12)8(13)9(10)14)6-3-7(11(17)18)16-15-6/h2-3H,1H3,(H,15,16)(H,17,18). The van der Waals surface area contributed by atoms with Crippen molar-refractivity contribution in [2.24, 2.45) is 0 Å². The lowest BCUT2D eigenvalue weighted by Crippen LogP contribution is -1.97. The van der Waals surface area contributed by atoms with Crippen molar-refractivity contribution in [1.82, 2.24) is 10.2 Å². The number of methoxy groups -OCH3 is 1. The highest BCUT2D eigenvalue weighted by atomic mass is 79.9. The van der Waals surface area contributed by atoms with Gasteiger partial charge in [0.25, 0.3) is 0 Å². The molecule has 100 valence electrons. The van der Waals surface area contributed by atoms with Gasteiger partial charge in [0.2, 0.25) is 5.82 Å². The molecule has 2 rings (SSSR count). The lowest BCUT2D eigenvalue weighted by molar-refractivity contribution is 0.0690. The second kappa shape index (κ2) is 4.96. The summed E-state index contributed by atoms with van der Waals surface area (Å²) < 4.78 is 31.8. The van der Waals surface area contributed by atoms with Gasteiger partial charge in [0, 0.05) is 5.56 Å². The van der Waals surface area contributed by atoms with E-state index in [-0.39, 0.29) is 27.2 Å². The number of carboxylic acid groups (broad SMARTS) is 1. The number of hydrogen-bond acceptors (Lipinski definition) is 3. The van der Waals surface area contributed by atoms with Crippen LogP contribution in [-0.2, 0) is 0 Å². The number of halogens is 3. The number of carboxylic acids is 1. The quantitative estimate of drug-likeness (QED) is 0.847. The zero-order valence-electron chi connectivity index (χ0n) is 9.50. The van der Waals surface area contributed by atoms with Gasteiger partial charge in [-0.05, 0) is 28.1 Å². The number of aromatic amines is 1. The van der Waals surface area contributed by atoms with Gasteiger partial charge >= 0.3 is 5.97 Å². The van der Waals surface area contributed by atoms with Crippen molar-refractivity contribution in [2.45, 2.75) is 0 Å². The first kappa shape index (κ1) is 13.5. The topological polar surface area (TPSA) is 75.2 Å². The second-order valence-corrected chi connectivity index (χ2v) is 4.39. The Kier molecular flexibility index (Phi) is 3.52. The summed E-state index contributed by atoms with van der Waals surface area (Å²) in [5.74, 6) is -3.81. The number of hydrogen-bond donors (Lipinski definition) is 2. The molecule has 0 aliphatic rings. The van der Waals surface area contributed by atoms with E-state index >= 15 is 0 Å². The van der Waals surface area contributed by atoms with Crippen LogP contribution in [0, 0.1) is 11.6 Å². The number of aromatic carboxylic acids is 1. The summed E-state index contributed by atoms with van der Waals surface area (Å²) in [6.45, 7) is 0. The highest BCUT2D eigenvalue weighted by Gasteiger charge is 2.21. The van der Waals surface area contributed by atoms with Crippen LogP contribution in [0.4, 0.5) is 8.78 Å². The van der Waals surface area contributed by atoms with Crippen molar-refractivity contribution >= 4 is 21.9 Å². The molecule has 0 saturated carbocycles. The molecule has 0 radical (unpaired) electrons. The molecule has 0 spiro atoms. The Morgan fingerprint density at radius 1 is 1.42 bits per heavy atom. The highest BCUT2D eigenvalue weighted by Crippen LogP contribution is 2.36. The third-order valence-electron chi connectivity index (χ3n) is 2.41. The number of benzene rings is 1. The summed E-state index contributed by atoms with van der Waals surface area (Å²) in [6, 6.07) is 2.46. The molecule has 0 amide bonds. The molecule has 0 aliphatic carbocycles. The van der Waals surface area contributed by atoms with Gasteiger partial charge in [0.05, 0.1) is 17.3 Å². The van der Waals surface area contributed by atoms with Gasteiger partial charge < -0.3 is 9.84 Å². The van der Waals surface area contributed by atoms with E-state index in [1.54, 1.807) is 0 Å². The Labute approximate surface area is 114 Å². The number of rotatable bonds is 3. The van der Waals surface area contributed by atoms with Crippen molar-refractivity contribution in [3.63, 3.8) is 0 Å². The summed E-state index contributed by atoms with van der Waals surface area (Å²) in [5.41, 5.74) is 0.101. The maximum absolute atomic E-state index is 13.7. The minimum absolute atomic E-state index is 0.110. The van der Waals surface area contributed by atoms with E-state index in [0.29, 0.717) is 0 Å². The molecule has 0 fully saturated rings. The van der Waals surface area contributed by atoms with Gasteiger partial charge in [-0.25, -0.2) is 9.18 Å². The molecular weight excluding hydrogens is 326 g/mol. The zero-order valence-corrected chi connectivity index (χ0v) is 11.1. The molecule has 1 aromatic carbocycles. The van der Waals surface area contributed by atoms with Crippen LogP contribution in [0.2, 0.25) is 0 Å². The molecule has 1 aromatic heterocycles. The number of ether oxygens (including phenoxy) is 1. The first-order chi connectivity index (χ1) is 8.95. The third-order valence-corrected chi connectivity index (χ3v) is 2.98. The van der Waals surface area contributed by atoms with Crippen LogP contribution < -0.4 is 4.74 Å². The van der Waals surface area contributed by atoms with Crippen LogP contribution >= 0.6 is 15.9 Å². The Morgan fingerprint density at radius 2 is 2.11 bits per heavy atom. The van der Waals surface area contributed by atoms with Crippen molar-refractivity contribution in [2.75, 3.05) is 7.11 Å². The Bertz CT molecular complexity index is 658. The SMILES string of the molecule is COc1c(-c2cc(C(=O)O)[nH]n2)cc(Br)c(F)c1F. The van der Waals surface area contributed by atoms with Crippen LogP contribution in [0.5, 0.6) is 5.75 Å². The molecule has 19 heavy (non-hydrogen) atoms. The third kappa shape index (κ3) is 2.30. The normalized spacial score (nSPS) is 10.5. The molecule has 0 aliphatic heterocycles. The van der Waals surface area contributed by atoms with Gasteiger partial charge in [-0.15, -0.1) is 0 Å². The molecule has 0 saturated heterocycles. The fourth-order valence-corrected chi connectivity index (χ4v) is 1.94. The summed E-state index contributed by atoms with van der Waals surface area (Å²) in [6.07, 6.45) is 0. The number of carbonyl (C=O) groups is 1. The van der Waals surface area contributed by atoms with E-state index in [9.17, 15) is 13.6 Å². The van der Waals surface area contributed by atoms with Crippen LogP contribution in [0.1, 0.15) is 10.5 Å². The number of H-pyrrole nitrogens is 1. The van der Waals surface area contributed by atoms with E-state index in [4.69, 9.17) is 9.84 Å². The smallest absolute Gasteiger partial charge is 0.353 e. The molecule has 2 N–H and O–H groups in total. The van der Waals surface area contributed by atoms with Crippen LogP contribution in [0.25, 0.3) is 11.3 Å². The Morgan fingerprint density at radius 3 is 2.63 bits per heavy atom. The summed E-state index contributed by atoms with van der Waals surface area (Å²) in [7, 11) is 1.18. The van der Waals surface area contributed by atoms with E-state index < -0.39 is 17.6 Å². The van der Waals surface area contributed by atoms with Crippen molar-refractivity contribution in [1.29, 1.82) is 0 Å². The number of nitrogens with zero attached hydrogens (tertiary/aromatic N) is 1. The van der Waals surface area contributed by atoms with Crippen LogP contribution in [0.3, 0.4) is 0 Å². The maximum Gasteiger partial charge on any atom is 0.353 e. The fraction of sp³-hybridized carbons (Fsp3) is 0.0909. The minimum Gasteiger partial charge on any atom is -0.493 e. The molecule has 0 atom stereocenters. The van der Waals surface area contributed by atoms with Gasteiger partial charge in [-0.1, -0.05) is 0 Å². The van der Waals surface area contributed by atoms with E-state index in [0.717, 1.165) is 0 Å². The molecule has 0 unspecified atom stereocenters. The molecule has 1 heterocycles. The van der Waals surface area contributed by atoms with Crippen molar-refractivity contribution < 1.29 is 23.4 Å². The second-order valence-electron chi connectivity index (χ2n) is 3.54. The van der Waals surface area contributed by atoms with Crippen molar-refractivity contribution in [3.8, 4) is 17.0 Å². The molecule has 0 bridgehead atoms. The monoisotopic (exact) mass is 332 g/mol. The predicted molar refractivity (Wildman–Crippen MR) is 65.2 cm³/mol. The average molecular weight is 333 g/mol. The highest BCUT2D eigenvalue weighted by molar-refractivity contribution is 9.10. The minimum atomic E-state index is -1.21. The Hall–Kier alpha value is -1.96. The van der Waals surface area contributed by atoms with E-state index in [2.05, 4.69) is 26.1 Å². The largest absolute Gasteiger partial charge is 0.493 e. The average Bonchev–Trinajstić information content (AvgIpc) is 2.85. The molecule has 2 aromatic rings. The van der Waals surface area contributed by atoms with Crippen LogP contribution in [-0.4, -0.2) is 28.4 Å². The first-order valence-corrected chi connectivity index (χ1v) is 5.75. The molecular formula is C11H7BrF2N2O3. The Balaban J connectivity index is 2.63. The molecule has 8 heteroatoms. The van der Waals surface area contributed by atoms with E-state index in [1.165, 1.54) is 19.2 Å². The molecule has 5 nitrogen and oxygen atoms in total. The lowest BCUT2D eigenvalue weighted by Gasteiger charge is -2.09. The van der Waals surface area contributed by atoms with Crippen molar-refractivity contribution in [3.05, 3.63) is 33.9 Å². The zero-order chi connectivity index (χ0) is 14.2. The fourth-order valence-electron chi connectivity index (χ4n) is 1.54. The van der Waals surface area contributed by atoms with Gasteiger partial charge in [0.15, 0.2) is 11.6 Å². The first-order valence-electron chi connectivity index (χ1n) is 4.96. The van der Waals surface area contributed by atoms with Gasteiger partial charge in [-0.2, -0.15) is 9.49 Å². The lowest BCUT2D eigenvalue weighted by atomic mass is 10.1. The van der Waals surface area contributed by atoms with Gasteiger partial charge in [-0.3, -0.25) is 5.10 Å². The van der Waals surface area contributed by atoms with E-state index in [1.807, 2.05) is 0 Å². The number of nitrogens with one attached hydrogen (secondary N) is 1.